The Morgan fingerprint density at radius 1 is 1.12 bits per heavy atom. The van der Waals surface area contributed by atoms with Crippen molar-refractivity contribution >= 4 is 11.5 Å². The molecule has 2 atom stereocenters. The van der Waals surface area contributed by atoms with Crippen molar-refractivity contribution in [2.75, 3.05) is 20.2 Å². The minimum Gasteiger partial charge on any atom is -0.468 e. The van der Waals surface area contributed by atoms with Gasteiger partial charge in [-0.25, -0.2) is 0 Å². The van der Waals surface area contributed by atoms with Gasteiger partial charge in [0.05, 0.1) is 13.2 Å². The van der Waals surface area contributed by atoms with Crippen molar-refractivity contribution in [3.63, 3.8) is 0 Å². The number of esters is 1. The third-order valence-electron chi connectivity index (χ3n) is 4.79. The number of carbonyl (C=O) groups is 1. The van der Waals surface area contributed by atoms with Crippen molar-refractivity contribution < 1.29 is 14.6 Å². The standard InChI is InChI=1S/C22H25NO3/c1-26-22(25)21-15-19(24)16-23(21)14-8-13-20(17-9-4-2-5-10-17)18-11-6-3-7-12-18/h2-7,9-13,19,21,24H,8,14-16H2,1H3/t19-,21-/m1/s1. The van der Waals surface area contributed by atoms with Gasteiger partial charge in [0.1, 0.15) is 6.04 Å². The van der Waals surface area contributed by atoms with Gasteiger partial charge in [0.25, 0.3) is 0 Å². The van der Waals surface area contributed by atoms with E-state index < -0.39 is 6.10 Å². The Hall–Kier alpha value is -2.43. The Morgan fingerprint density at radius 2 is 1.69 bits per heavy atom. The molecule has 0 unspecified atom stereocenters. The van der Waals surface area contributed by atoms with E-state index in [9.17, 15) is 9.90 Å². The number of hydrogen-bond donors (Lipinski definition) is 1. The zero-order valence-electron chi connectivity index (χ0n) is 15.0. The highest BCUT2D eigenvalue weighted by Crippen LogP contribution is 2.25. The van der Waals surface area contributed by atoms with E-state index in [2.05, 4.69) is 30.3 Å². The fourth-order valence-corrected chi connectivity index (χ4v) is 3.52. The summed E-state index contributed by atoms with van der Waals surface area (Å²) < 4.78 is 4.87. The van der Waals surface area contributed by atoms with Crippen LogP contribution in [0.4, 0.5) is 0 Å². The van der Waals surface area contributed by atoms with Crippen LogP contribution in [-0.2, 0) is 9.53 Å². The SMILES string of the molecule is COC(=O)[C@H]1C[C@@H](O)CN1CCC=C(c1ccccc1)c1ccccc1. The summed E-state index contributed by atoms with van der Waals surface area (Å²) in [6, 6.07) is 20.3. The second kappa shape index (κ2) is 8.79. The van der Waals surface area contributed by atoms with Gasteiger partial charge in [-0.05, 0) is 23.1 Å². The third-order valence-corrected chi connectivity index (χ3v) is 4.79. The minimum atomic E-state index is -0.467. The maximum absolute atomic E-state index is 11.9. The molecule has 0 aliphatic carbocycles. The zero-order valence-corrected chi connectivity index (χ0v) is 15.0. The first-order chi connectivity index (χ1) is 12.7. The summed E-state index contributed by atoms with van der Waals surface area (Å²) in [7, 11) is 1.40. The number of aliphatic hydroxyl groups excluding tert-OH is 1. The summed E-state index contributed by atoms with van der Waals surface area (Å²) in [5.41, 5.74) is 3.52. The normalized spacial score (nSPS) is 19.9. The number of β-amino-alcohol motifs (C(OH)–C–C–N with tert-alkyl or cyclic N) is 1. The second-order valence-corrected chi connectivity index (χ2v) is 6.56. The van der Waals surface area contributed by atoms with Gasteiger partial charge in [0.15, 0.2) is 0 Å². The van der Waals surface area contributed by atoms with Gasteiger partial charge in [-0.2, -0.15) is 0 Å². The van der Waals surface area contributed by atoms with Crippen molar-refractivity contribution in [1.29, 1.82) is 0 Å². The molecule has 1 saturated heterocycles. The highest BCUT2D eigenvalue weighted by Gasteiger charge is 2.36. The van der Waals surface area contributed by atoms with Crippen molar-refractivity contribution in [2.24, 2.45) is 0 Å². The first-order valence-corrected chi connectivity index (χ1v) is 9.00. The summed E-state index contributed by atoms with van der Waals surface area (Å²) in [5.74, 6) is -0.267. The molecular formula is C22H25NO3. The summed E-state index contributed by atoms with van der Waals surface area (Å²) >= 11 is 0. The Labute approximate surface area is 154 Å². The van der Waals surface area contributed by atoms with E-state index in [0.717, 1.165) is 6.42 Å². The Bertz CT molecular complexity index is 701. The topological polar surface area (TPSA) is 49.8 Å². The van der Waals surface area contributed by atoms with Crippen LogP contribution in [0.2, 0.25) is 0 Å². The van der Waals surface area contributed by atoms with Crippen LogP contribution >= 0.6 is 0 Å². The molecule has 26 heavy (non-hydrogen) atoms. The molecule has 4 nitrogen and oxygen atoms in total. The maximum Gasteiger partial charge on any atom is 0.323 e. The lowest BCUT2D eigenvalue weighted by atomic mass is 9.97. The number of rotatable bonds is 6. The molecule has 3 rings (SSSR count). The van der Waals surface area contributed by atoms with Crippen molar-refractivity contribution in [2.45, 2.75) is 25.0 Å². The predicted molar refractivity (Wildman–Crippen MR) is 103 cm³/mol. The van der Waals surface area contributed by atoms with E-state index in [1.54, 1.807) is 0 Å². The molecule has 1 N–H and O–H groups in total. The molecule has 0 bridgehead atoms. The largest absolute Gasteiger partial charge is 0.468 e. The number of carbonyl (C=O) groups excluding carboxylic acids is 1. The Balaban J connectivity index is 1.76. The Kier molecular flexibility index (Phi) is 6.21. The number of hydrogen-bond acceptors (Lipinski definition) is 4. The van der Waals surface area contributed by atoms with E-state index in [1.807, 2.05) is 41.3 Å². The molecule has 2 aromatic rings. The minimum absolute atomic E-state index is 0.267. The summed E-state index contributed by atoms with van der Waals surface area (Å²) in [4.78, 5) is 13.9. The zero-order chi connectivity index (χ0) is 18.4. The summed E-state index contributed by atoms with van der Waals surface area (Å²) in [6.07, 6.45) is 2.98. The van der Waals surface area contributed by atoms with Gasteiger partial charge in [0, 0.05) is 19.5 Å². The predicted octanol–water partition coefficient (Wildman–Crippen LogP) is 3.12. The van der Waals surface area contributed by atoms with Crippen LogP contribution in [0.15, 0.2) is 66.7 Å². The first kappa shape index (κ1) is 18.4. The number of likely N-dealkylation sites (tertiary alicyclic amines) is 1. The molecule has 2 aromatic carbocycles. The lowest BCUT2D eigenvalue weighted by Crippen LogP contribution is -2.37. The van der Waals surface area contributed by atoms with Crippen LogP contribution < -0.4 is 0 Å². The van der Waals surface area contributed by atoms with E-state index in [-0.39, 0.29) is 12.0 Å². The maximum atomic E-state index is 11.9. The number of benzene rings is 2. The van der Waals surface area contributed by atoms with Crippen LogP contribution in [0.3, 0.4) is 0 Å². The molecule has 0 aromatic heterocycles. The summed E-state index contributed by atoms with van der Waals surface area (Å²) in [6.45, 7) is 1.22. The lowest BCUT2D eigenvalue weighted by Gasteiger charge is -2.21. The number of ether oxygens (including phenoxy) is 1. The molecule has 0 saturated carbocycles. The second-order valence-electron chi connectivity index (χ2n) is 6.56. The van der Waals surface area contributed by atoms with Gasteiger partial charge in [0.2, 0.25) is 0 Å². The molecule has 0 amide bonds. The van der Waals surface area contributed by atoms with E-state index >= 15 is 0 Å². The van der Waals surface area contributed by atoms with Crippen LogP contribution in [0.5, 0.6) is 0 Å². The molecule has 0 radical (unpaired) electrons. The molecule has 1 aliphatic rings. The highest BCUT2D eigenvalue weighted by atomic mass is 16.5. The average molecular weight is 351 g/mol. The number of methoxy groups -OCH3 is 1. The van der Waals surface area contributed by atoms with E-state index in [1.165, 1.54) is 23.8 Å². The van der Waals surface area contributed by atoms with E-state index in [4.69, 9.17) is 4.74 Å². The van der Waals surface area contributed by atoms with Crippen LogP contribution in [0, 0.1) is 0 Å². The summed E-state index contributed by atoms with van der Waals surface area (Å²) in [5, 5.41) is 9.91. The monoisotopic (exact) mass is 351 g/mol. The van der Waals surface area contributed by atoms with Gasteiger partial charge < -0.3 is 9.84 Å². The smallest absolute Gasteiger partial charge is 0.323 e. The van der Waals surface area contributed by atoms with Crippen LogP contribution in [-0.4, -0.2) is 48.3 Å². The molecule has 0 spiro atoms. The lowest BCUT2D eigenvalue weighted by molar-refractivity contribution is -0.145. The van der Waals surface area contributed by atoms with Gasteiger partial charge in [-0.15, -0.1) is 0 Å². The number of nitrogens with zero attached hydrogens (tertiary/aromatic N) is 1. The van der Waals surface area contributed by atoms with E-state index in [0.29, 0.717) is 19.5 Å². The Morgan fingerprint density at radius 3 is 2.23 bits per heavy atom. The average Bonchev–Trinajstić information content (AvgIpc) is 3.06. The highest BCUT2D eigenvalue weighted by molar-refractivity contribution is 5.79. The fourth-order valence-electron chi connectivity index (χ4n) is 3.52. The fraction of sp³-hybridized carbons (Fsp3) is 0.318. The molecule has 1 heterocycles. The molecule has 136 valence electrons. The van der Waals surface area contributed by atoms with Gasteiger partial charge >= 0.3 is 5.97 Å². The molecular weight excluding hydrogens is 326 g/mol. The van der Waals surface area contributed by atoms with Gasteiger partial charge in [-0.3, -0.25) is 9.69 Å². The quantitative estimate of drug-likeness (QED) is 0.813. The molecule has 1 fully saturated rings. The molecule has 1 aliphatic heterocycles. The molecule has 4 heteroatoms. The third kappa shape index (κ3) is 4.40. The van der Waals surface area contributed by atoms with Crippen molar-refractivity contribution in [3.05, 3.63) is 77.9 Å². The van der Waals surface area contributed by atoms with Crippen LogP contribution in [0.1, 0.15) is 24.0 Å². The first-order valence-electron chi connectivity index (χ1n) is 9.00. The number of aliphatic hydroxyl groups is 1. The van der Waals surface area contributed by atoms with Gasteiger partial charge in [-0.1, -0.05) is 66.7 Å². The van der Waals surface area contributed by atoms with Crippen molar-refractivity contribution in [1.82, 2.24) is 4.90 Å². The van der Waals surface area contributed by atoms with Crippen LogP contribution in [0.25, 0.3) is 5.57 Å². The van der Waals surface area contributed by atoms with Crippen molar-refractivity contribution in [3.8, 4) is 0 Å².